The minimum atomic E-state index is -0.438. The molecule has 0 aromatic heterocycles. The lowest BCUT2D eigenvalue weighted by Crippen LogP contribution is -2.27. The largest absolute Gasteiger partial charge is 0.462 e. The fraction of sp³-hybridized carbons (Fsp3) is 0.433. The van der Waals surface area contributed by atoms with Crippen molar-refractivity contribution in [1.29, 1.82) is 0 Å². The van der Waals surface area contributed by atoms with Crippen molar-refractivity contribution in [3.8, 4) is 0 Å². The van der Waals surface area contributed by atoms with Gasteiger partial charge in [-0.25, -0.2) is 9.59 Å². The Balaban J connectivity index is 1.53. The van der Waals surface area contributed by atoms with Crippen LogP contribution in [-0.4, -0.2) is 36.2 Å². The molecule has 2 fully saturated rings. The SMILES string of the molecule is CCCC[C@H](C)[C@@H](/C=C/[C@@H]1[C@H]2CC(=O)O[C@H]2C[C@H]1OC(=O)c1ccccc1)OC(=O)c1ccccc1. The van der Waals surface area contributed by atoms with Crippen molar-refractivity contribution < 1.29 is 28.6 Å². The third-order valence-corrected chi connectivity index (χ3v) is 7.17. The molecule has 0 radical (unpaired) electrons. The van der Waals surface area contributed by atoms with Crippen LogP contribution < -0.4 is 0 Å². The van der Waals surface area contributed by atoms with Crippen molar-refractivity contribution in [2.24, 2.45) is 17.8 Å². The van der Waals surface area contributed by atoms with Crippen LogP contribution in [0.25, 0.3) is 0 Å². The fourth-order valence-corrected chi connectivity index (χ4v) is 5.11. The van der Waals surface area contributed by atoms with E-state index in [1.165, 1.54) is 0 Å². The monoisotopic (exact) mass is 490 g/mol. The predicted octanol–water partition coefficient (Wildman–Crippen LogP) is 5.77. The number of carbonyl (C=O) groups excluding carboxylic acids is 3. The second kappa shape index (κ2) is 12.0. The third-order valence-electron chi connectivity index (χ3n) is 7.17. The number of fused-ring (bicyclic) bond motifs is 1. The molecule has 0 spiro atoms. The average molecular weight is 491 g/mol. The Hall–Kier alpha value is -3.41. The van der Waals surface area contributed by atoms with Crippen LogP contribution in [0.2, 0.25) is 0 Å². The average Bonchev–Trinajstić information content (AvgIpc) is 3.41. The van der Waals surface area contributed by atoms with Crippen LogP contribution in [0.4, 0.5) is 0 Å². The lowest BCUT2D eigenvalue weighted by Gasteiger charge is -2.24. The van der Waals surface area contributed by atoms with E-state index in [-0.39, 0.29) is 35.8 Å². The minimum absolute atomic E-state index is 0.0706. The highest BCUT2D eigenvalue weighted by atomic mass is 16.6. The van der Waals surface area contributed by atoms with Crippen LogP contribution in [-0.2, 0) is 19.0 Å². The number of hydrogen-bond donors (Lipinski definition) is 0. The maximum absolute atomic E-state index is 12.8. The van der Waals surface area contributed by atoms with Crippen LogP contribution >= 0.6 is 0 Å². The zero-order chi connectivity index (χ0) is 25.5. The topological polar surface area (TPSA) is 78.9 Å². The van der Waals surface area contributed by atoms with E-state index in [9.17, 15) is 14.4 Å². The molecule has 1 saturated heterocycles. The Kier molecular flexibility index (Phi) is 8.57. The van der Waals surface area contributed by atoms with Crippen LogP contribution in [0, 0.1) is 17.8 Å². The zero-order valence-corrected chi connectivity index (χ0v) is 20.9. The van der Waals surface area contributed by atoms with Gasteiger partial charge in [-0.3, -0.25) is 4.79 Å². The molecular weight excluding hydrogens is 456 g/mol. The lowest BCUT2D eigenvalue weighted by molar-refractivity contribution is -0.141. The summed E-state index contributed by atoms with van der Waals surface area (Å²) in [5, 5.41) is 0. The van der Waals surface area contributed by atoms with Gasteiger partial charge in [0.1, 0.15) is 18.3 Å². The normalized spacial score (nSPS) is 24.7. The van der Waals surface area contributed by atoms with Gasteiger partial charge in [-0.2, -0.15) is 0 Å². The van der Waals surface area contributed by atoms with E-state index in [0.717, 1.165) is 19.3 Å². The van der Waals surface area contributed by atoms with Crippen LogP contribution in [0.3, 0.4) is 0 Å². The van der Waals surface area contributed by atoms with Crippen LogP contribution in [0.1, 0.15) is 66.7 Å². The van der Waals surface area contributed by atoms with E-state index >= 15 is 0 Å². The molecule has 6 nitrogen and oxygen atoms in total. The second-order valence-electron chi connectivity index (χ2n) is 9.76. The standard InChI is InChI=1S/C30H34O6/c1-3-4-11-20(2)25(35-29(32)21-12-7-5-8-13-21)17-16-23-24-18-28(31)34-27(24)19-26(23)36-30(33)22-14-9-6-10-15-22/h5-10,12-17,20,23-27H,3-4,11,18-19H2,1-2H3/b17-16+/t20-,23+,24+,25+,26+,27-/m0/s1. The van der Waals surface area contributed by atoms with Gasteiger partial charge in [-0.1, -0.05) is 69.2 Å². The Morgan fingerprint density at radius 1 is 1.03 bits per heavy atom. The first-order valence-corrected chi connectivity index (χ1v) is 12.9. The molecule has 0 amide bonds. The molecule has 2 aliphatic rings. The summed E-state index contributed by atoms with van der Waals surface area (Å²) in [7, 11) is 0. The molecule has 6 heteroatoms. The number of unbranched alkanes of at least 4 members (excludes halogenated alkanes) is 1. The van der Waals surface area contributed by atoms with E-state index in [0.29, 0.717) is 24.0 Å². The van der Waals surface area contributed by atoms with Crippen molar-refractivity contribution in [2.75, 3.05) is 0 Å². The maximum Gasteiger partial charge on any atom is 0.338 e. The highest BCUT2D eigenvalue weighted by Crippen LogP contribution is 2.44. The molecule has 190 valence electrons. The predicted molar refractivity (Wildman–Crippen MR) is 135 cm³/mol. The van der Waals surface area contributed by atoms with Gasteiger partial charge in [-0.05, 0) is 42.7 Å². The molecule has 2 aromatic rings. The molecule has 1 heterocycles. The molecule has 1 saturated carbocycles. The van der Waals surface area contributed by atoms with Gasteiger partial charge in [0, 0.05) is 18.3 Å². The Labute approximate surface area is 212 Å². The van der Waals surface area contributed by atoms with E-state index < -0.39 is 18.2 Å². The molecule has 2 aromatic carbocycles. The third kappa shape index (κ3) is 6.23. The summed E-state index contributed by atoms with van der Waals surface area (Å²) in [5.74, 6) is -1.15. The van der Waals surface area contributed by atoms with Gasteiger partial charge in [0.15, 0.2) is 0 Å². The van der Waals surface area contributed by atoms with Gasteiger partial charge in [0.25, 0.3) is 0 Å². The summed E-state index contributed by atoms with van der Waals surface area (Å²) in [6.45, 7) is 4.21. The fourth-order valence-electron chi connectivity index (χ4n) is 5.11. The highest BCUT2D eigenvalue weighted by molar-refractivity contribution is 5.90. The van der Waals surface area contributed by atoms with Crippen molar-refractivity contribution in [3.05, 3.63) is 83.9 Å². The summed E-state index contributed by atoms with van der Waals surface area (Å²) >= 11 is 0. The first-order chi connectivity index (χ1) is 17.5. The summed E-state index contributed by atoms with van der Waals surface area (Å²) in [4.78, 5) is 37.6. The molecule has 1 aliphatic carbocycles. The van der Waals surface area contributed by atoms with E-state index in [4.69, 9.17) is 14.2 Å². The Morgan fingerprint density at radius 3 is 2.31 bits per heavy atom. The van der Waals surface area contributed by atoms with E-state index in [1.807, 2.05) is 36.4 Å². The van der Waals surface area contributed by atoms with Crippen LogP contribution in [0.5, 0.6) is 0 Å². The van der Waals surface area contributed by atoms with Crippen molar-refractivity contribution in [1.82, 2.24) is 0 Å². The highest BCUT2D eigenvalue weighted by Gasteiger charge is 2.50. The molecule has 0 unspecified atom stereocenters. The second-order valence-corrected chi connectivity index (χ2v) is 9.76. The summed E-state index contributed by atoms with van der Waals surface area (Å²) in [6, 6.07) is 17.8. The minimum Gasteiger partial charge on any atom is -0.462 e. The smallest absolute Gasteiger partial charge is 0.338 e. The summed E-state index contributed by atoms with van der Waals surface area (Å²) in [5.41, 5.74) is 0.987. The molecular formula is C30H34O6. The first kappa shape index (κ1) is 25.7. The quantitative estimate of drug-likeness (QED) is 0.239. The van der Waals surface area contributed by atoms with Crippen LogP contribution in [0.15, 0.2) is 72.8 Å². The van der Waals surface area contributed by atoms with Gasteiger partial charge in [0.2, 0.25) is 0 Å². The molecule has 0 N–H and O–H groups in total. The van der Waals surface area contributed by atoms with E-state index in [2.05, 4.69) is 13.8 Å². The van der Waals surface area contributed by atoms with Gasteiger partial charge < -0.3 is 14.2 Å². The molecule has 6 atom stereocenters. The summed E-state index contributed by atoms with van der Waals surface area (Å²) < 4.78 is 17.4. The number of esters is 3. The molecule has 0 bridgehead atoms. The van der Waals surface area contributed by atoms with Gasteiger partial charge in [-0.15, -0.1) is 0 Å². The van der Waals surface area contributed by atoms with E-state index in [1.54, 1.807) is 36.4 Å². The number of hydrogen-bond acceptors (Lipinski definition) is 6. The van der Waals surface area contributed by atoms with Gasteiger partial charge in [0.05, 0.1) is 17.5 Å². The molecule has 4 rings (SSSR count). The van der Waals surface area contributed by atoms with Crippen molar-refractivity contribution in [3.63, 3.8) is 0 Å². The number of carbonyl (C=O) groups is 3. The number of ether oxygens (including phenoxy) is 3. The summed E-state index contributed by atoms with van der Waals surface area (Å²) in [6.07, 6.45) is 6.50. The lowest BCUT2D eigenvalue weighted by atomic mass is 9.89. The van der Waals surface area contributed by atoms with Crippen molar-refractivity contribution >= 4 is 17.9 Å². The van der Waals surface area contributed by atoms with Gasteiger partial charge >= 0.3 is 17.9 Å². The van der Waals surface area contributed by atoms with Crippen molar-refractivity contribution in [2.45, 2.75) is 64.3 Å². The zero-order valence-electron chi connectivity index (χ0n) is 20.9. The number of rotatable bonds is 10. The molecule has 36 heavy (non-hydrogen) atoms. The first-order valence-electron chi connectivity index (χ1n) is 12.9. The molecule has 1 aliphatic heterocycles. The number of benzene rings is 2. The Bertz CT molecular complexity index is 1060. The Morgan fingerprint density at radius 2 is 1.67 bits per heavy atom. The maximum atomic E-state index is 12.8.